The van der Waals surface area contributed by atoms with E-state index in [0.29, 0.717) is 5.69 Å². The fraction of sp³-hybridized carbons (Fsp3) is 0.167. The predicted molar refractivity (Wildman–Crippen MR) is 34.0 cm³/mol. The minimum Gasteiger partial charge on any atom is -0.362 e. The maximum absolute atomic E-state index is 10.5. The number of hydrogen-bond donors (Lipinski definition) is 1. The number of primary amides is 1. The molecular formula is C6H8N3O+. The lowest BCUT2D eigenvalue weighted by Crippen LogP contribution is -2.23. The Balaban J connectivity index is 3.07. The second-order valence-electron chi connectivity index (χ2n) is 1.97. The Morgan fingerprint density at radius 1 is 1.80 bits per heavy atom. The molecule has 0 unspecified atom stereocenters. The first-order chi connectivity index (χ1) is 4.70. The topological polar surface area (TPSA) is 70.1 Å². The van der Waals surface area contributed by atoms with Crippen LogP contribution >= 0.6 is 0 Å². The fourth-order valence-corrected chi connectivity index (χ4v) is 0.634. The van der Waals surface area contributed by atoms with Gasteiger partial charge in [-0.2, -0.15) is 0 Å². The number of carbonyl (C=O) groups is 1. The fourth-order valence-electron chi connectivity index (χ4n) is 0.634. The van der Waals surface area contributed by atoms with Gasteiger partial charge in [0.15, 0.2) is 11.4 Å². The summed E-state index contributed by atoms with van der Waals surface area (Å²) in [5.41, 5.74) is 6.14. The number of nitrogens with zero attached hydrogens (tertiary/aromatic N) is 1. The molecule has 0 saturated heterocycles. The molecular weight excluding hydrogens is 130 g/mol. The monoisotopic (exact) mass is 138 g/mol. The van der Waals surface area contributed by atoms with Crippen molar-refractivity contribution in [2.45, 2.75) is 6.92 Å². The lowest BCUT2D eigenvalue weighted by atomic mass is 10.3. The van der Waals surface area contributed by atoms with Crippen LogP contribution in [0, 0.1) is 6.92 Å². The third-order valence-electron chi connectivity index (χ3n) is 1.11. The normalized spacial score (nSPS) is 9.30. The second kappa shape index (κ2) is 2.43. The van der Waals surface area contributed by atoms with Crippen LogP contribution in [0.2, 0.25) is 0 Å². The summed E-state index contributed by atoms with van der Waals surface area (Å²) in [4.78, 5) is 17.0. The van der Waals surface area contributed by atoms with Crippen LogP contribution in [0.25, 0.3) is 0 Å². The van der Waals surface area contributed by atoms with E-state index in [1.54, 1.807) is 13.0 Å². The number of aryl methyl sites for hydroxylation is 1. The maximum Gasteiger partial charge on any atom is 0.288 e. The van der Waals surface area contributed by atoms with Crippen LogP contribution in [0.3, 0.4) is 0 Å². The van der Waals surface area contributed by atoms with Gasteiger partial charge in [-0.05, 0) is 0 Å². The highest BCUT2D eigenvalue weighted by Gasteiger charge is 2.05. The van der Waals surface area contributed by atoms with E-state index in [-0.39, 0.29) is 0 Å². The number of amides is 1. The highest BCUT2D eigenvalue weighted by molar-refractivity contribution is 5.89. The number of H-pyrrole nitrogens is 1. The van der Waals surface area contributed by atoms with Crippen molar-refractivity contribution in [2.24, 2.45) is 5.73 Å². The van der Waals surface area contributed by atoms with Crippen molar-refractivity contribution in [3.8, 4) is 0 Å². The van der Waals surface area contributed by atoms with Gasteiger partial charge in [0.05, 0.1) is 0 Å². The van der Waals surface area contributed by atoms with E-state index in [0.717, 1.165) is 5.69 Å². The molecule has 0 aliphatic heterocycles. The summed E-state index contributed by atoms with van der Waals surface area (Å²) in [6, 6.07) is 1.60. The molecule has 0 atom stereocenters. The first-order valence-corrected chi connectivity index (χ1v) is 2.84. The Labute approximate surface area is 58.1 Å². The van der Waals surface area contributed by atoms with Gasteiger partial charge in [-0.25, -0.2) is 4.98 Å². The van der Waals surface area contributed by atoms with E-state index < -0.39 is 5.91 Å². The number of rotatable bonds is 1. The summed E-state index contributed by atoms with van der Waals surface area (Å²) in [5.74, 6) is -0.467. The van der Waals surface area contributed by atoms with Gasteiger partial charge in [-0.1, -0.05) is 4.98 Å². The summed E-state index contributed by atoms with van der Waals surface area (Å²) >= 11 is 0. The summed E-state index contributed by atoms with van der Waals surface area (Å²) < 4.78 is 0. The molecule has 4 nitrogen and oxygen atoms in total. The zero-order valence-electron chi connectivity index (χ0n) is 5.59. The van der Waals surface area contributed by atoms with Crippen LogP contribution in [0.5, 0.6) is 0 Å². The Bertz CT molecular complexity index is 259. The van der Waals surface area contributed by atoms with E-state index in [1.807, 2.05) is 0 Å². The van der Waals surface area contributed by atoms with E-state index in [4.69, 9.17) is 5.73 Å². The molecule has 1 heterocycles. The number of aromatic nitrogens is 2. The van der Waals surface area contributed by atoms with Crippen LogP contribution in [0.15, 0.2) is 12.4 Å². The molecule has 0 aliphatic rings. The van der Waals surface area contributed by atoms with Crippen LogP contribution in [0.4, 0.5) is 0 Å². The van der Waals surface area contributed by atoms with E-state index in [1.165, 1.54) is 6.33 Å². The Morgan fingerprint density at radius 2 is 2.50 bits per heavy atom. The number of nitrogens with one attached hydrogen (secondary N) is 1. The molecule has 0 fully saturated rings. The lowest BCUT2D eigenvalue weighted by molar-refractivity contribution is -0.386. The van der Waals surface area contributed by atoms with Gasteiger partial charge in [-0.3, -0.25) is 4.79 Å². The molecule has 0 saturated carbocycles. The molecule has 4 heteroatoms. The summed E-state index contributed by atoms with van der Waals surface area (Å²) in [7, 11) is 0. The van der Waals surface area contributed by atoms with E-state index in [2.05, 4.69) is 9.97 Å². The zero-order valence-corrected chi connectivity index (χ0v) is 5.59. The molecule has 0 spiro atoms. The van der Waals surface area contributed by atoms with E-state index >= 15 is 0 Å². The molecule has 1 aromatic rings. The van der Waals surface area contributed by atoms with Gasteiger partial charge in [0.25, 0.3) is 12.2 Å². The SMILES string of the molecule is Cc1cc(C(N)=O)[nH+]cn1. The van der Waals surface area contributed by atoms with Gasteiger partial charge < -0.3 is 5.73 Å². The van der Waals surface area contributed by atoms with Crippen molar-refractivity contribution in [3.63, 3.8) is 0 Å². The van der Waals surface area contributed by atoms with Crippen molar-refractivity contribution in [3.05, 3.63) is 23.8 Å². The predicted octanol–water partition coefficient (Wildman–Crippen LogP) is -0.697. The molecule has 0 aromatic carbocycles. The first kappa shape index (κ1) is 6.67. The Hall–Kier alpha value is -1.45. The molecule has 0 aliphatic carbocycles. The molecule has 10 heavy (non-hydrogen) atoms. The van der Waals surface area contributed by atoms with Gasteiger partial charge in [-0.15, -0.1) is 0 Å². The second-order valence-corrected chi connectivity index (χ2v) is 1.97. The third-order valence-corrected chi connectivity index (χ3v) is 1.11. The minimum atomic E-state index is -0.467. The van der Waals surface area contributed by atoms with Crippen molar-refractivity contribution in [1.82, 2.24) is 4.98 Å². The van der Waals surface area contributed by atoms with Gasteiger partial charge in [0.1, 0.15) is 0 Å². The molecule has 1 aromatic heterocycles. The van der Waals surface area contributed by atoms with Crippen LogP contribution < -0.4 is 10.7 Å². The van der Waals surface area contributed by atoms with Crippen molar-refractivity contribution < 1.29 is 9.78 Å². The van der Waals surface area contributed by atoms with E-state index in [9.17, 15) is 4.79 Å². The molecule has 1 rings (SSSR count). The average Bonchev–Trinajstić information content (AvgIpc) is 1.88. The number of hydrogen-bond acceptors (Lipinski definition) is 2. The highest BCUT2D eigenvalue weighted by atomic mass is 16.1. The third kappa shape index (κ3) is 1.28. The van der Waals surface area contributed by atoms with Crippen LogP contribution in [-0.2, 0) is 0 Å². The van der Waals surface area contributed by atoms with Gasteiger partial charge >= 0.3 is 0 Å². The quantitative estimate of drug-likeness (QED) is 0.557. The average molecular weight is 138 g/mol. The first-order valence-electron chi connectivity index (χ1n) is 2.84. The molecule has 52 valence electrons. The lowest BCUT2D eigenvalue weighted by Gasteiger charge is -1.86. The Morgan fingerprint density at radius 3 is 2.90 bits per heavy atom. The maximum atomic E-state index is 10.5. The standard InChI is InChI=1S/C6H7N3O/c1-4-2-5(6(7)10)9-3-8-4/h2-3H,1H3,(H2,7,10)/p+1. The molecule has 0 bridgehead atoms. The number of carbonyl (C=O) groups excluding carboxylic acids is 1. The van der Waals surface area contributed by atoms with Crippen LogP contribution in [-0.4, -0.2) is 10.9 Å². The van der Waals surface area contributed by atoms with Crippen molar-refractivity contribution >= 4 is 5.91 Å². The summed E-state index contributed by atoms with van der Waals surface area (Å²) in [6.07, 6.45) is 1.44. The Kier molecular flexibility index (Phi) is 1.62. The summed E-state index contributed by atoms with van der Waals surface area (Å²) in [5, 5.41) is 0. The van der Waals surface area contributed by atoms with Crippen LogP contribution in [0.1, 0.15) is 16.2 Å². The van der Waals surface area contributed by atoms with Gasteiger partial charge in [0, 0.05) is 13.0 Å². The molecule has 0 radical (unpaired) electrons. The largest absolute Gasteiger partial charge is 0.362 e. The molecule has 1 amide bonds. The molecule has 3 N–H and O–H groups in total. The number of nitrogens with two attached hydrogens (primary N) is 1. The smallest absolute Gasteiger partial charge is 0.288 e. The number of aromatic amines is 1. The van der Waals surface area contributed by atoms with Crippen molar-refractivity contribution in [1.29, 1.82) is 0 Å². The minimum absolute atomic E-state index is 0.382. The van der Waals surface area contributed by atoms with Crippen molar-refractivity contribution in [2.75, 3.05) is 0 Å². The van der Waals surface area contributed by atoms with Gasteiger partial charge in [0.2, 0.25) is 0 Å². The summed E-state index contributed by atoms with van der Waals surface area (Å²) in [6.45, 7) is 1.79. The zero-order chi connectivity index (χ0) is 7.56. The highest BCUT2D eigenvalue weighted by Crippen LogP contribution is 1.89.